The van der Waals surface area contributed by atoms with Gasteiger partial charge in [-0.2, -0.15) is 0 Å². The van der Waals surface area contributed by atoms with Crippen molar-refractivity contribution in [3.63, 3.8) is 0 Å². The summed E-state index contributed by atoms with van der Waals surface area (Å²) in [4.78, 5) is 35.3. The highest BCUT2D eigenvalue weighted by Gasteiger charge is 2.46. The summed E-state index contributed by atoms with van der Waals surface area (Å²) in [5.41, 5.74) is 1.99. The van der Waals surface area contributed by atoms with Crippen molar-refractivity contribution in [2.75, 3.05) is 0 Å². The molecule has 0 spiro atoms. The number of carbonyl (C=O) groups excluding carboxylic acids is 2. The number of rotatable bonds is 4. The molecule has 1 N–H and O–H groups in total. The van der Waals surface area contributed by atoms with Gasteiger partial charge in [-0.05, 0) is 23.3 Å². The van der Waals surface area contributed by atoms with E-state index in [2.05, 4.69) is 9.97 Å². The molecule has 1 fully saturated rings. The van der Waals surface area contributed by atoms with Gasteiger partial charge in [-0.25, -0.2) is 0 Å². The molecule has 0 bridgehead atoms. The largest absolute Gasteiger partial charge is 0.507 e. The van der Waals surface area contributed by atoms with E-state index < -0.39 is 17.7 Å². The molecule has 138 valence electrons. The van der Waals surface area contributed by atoms with Crippen molar-refractivity contribution in [2.45, 2.75) is 12.6 Å². The Balaban J connectivity index is 1.85. The normalized spacial score (nSPS) is 18.4. The van der Waals surface area contributed by atoms with Crippen LogP contribution in [-0.2, 0) is 16.1 Å². The van der Waals surface area contributed by atoms with Crippen LogP contribution in [-0.4, -0.2) is 31.7 Å². The summed E-state index contributed by atoms with van der Waals surface area (Å²) in [6, 6.07) is 15.2. The van der Waals surface area contributed by atoms with Crippen LogP contribution in [0.25, 0.3) is 5.76 Å². The predicted octanol–water partition coefficient (Wildman–Crippen LogP) is 3.10. The van der Waals surface area contributed by atoms with Gasteiger partial charge in [-0.15, -0.1) is 0 Å². The third kappa shape index (κ3) is 3.16. The highest BCUT2D eigenvalue weighted by molar-refractivity contribution is 6.46. The van der Waals surface area contributed by atoms with Crippen molar-refractivity contribution in [3.8, 4) is 0 Å². The van der Waals surface area contributed by atoms with E-state index in [1.807, 2.05) is 12.1 Å². The minimum absolute atomic E-state index is 0.0630. The second-order valence-corrected chi connectivity index (χ2v) is 6.44. The number of hydrogen-bond acceptors (Lipinski definition) is 5. The fourth-order valence-electron chi connectivity index (χ4n) is 3.37. The fraction of sp³-hybridized carbons (Fsp3) is 0.0909. The maximum absolute atomic E-state index is 12.9. The highest BCUT2D eigenvalue weighted by Crippen LogP contribution is 2.39. The average Bonchev–Trinajstić information content (AvgIpc) is 3.00. The SMILES string of the molecule is O=C1C(=O)N(Cc2cccnc2)C(c2cccnc2)/C1=C(/O)c1ccccc1. The maximum atomic E-state index is 12.9. The van der Waals surface area contributed by atoms with Crippen molar-refractivity contribution >= 4 is 17.4 Å². The van der Waals surface area contributed by atoms with E-state index in [0.29, 0.717) is 11.1 Å². The van der Waals surface area contributed by atoms with E-state index in [1.165, 1.54) is 4.90 Å². The lowest BCUT2D eigenvalue weighted by Crippen LogP contribution is -2.29. The standard InChI is InChI=1S/C22H17N3O3/c26-20(16-7-2-1-3-8-16)18-19(17-9-5-11-24-13-17)25(22(28)21(18)27)14-15-6-4-10-23-12-15/h1-13,19,26H,14H2/b20-18-. The van der Waals surface area contributed by atoms with Crippen molar-refractivity contribution < 1.29 is 14.7 Å². The Morgan fingerprint density at radius 1 is 0.929 bits per heavy atom. The molecule has 6 nitrogen and oxygen atoms in total. The van der Waals surface area contributed by atoms with Crippen LogP contribution in [0.5, 0.6) is 0 Å². The first-order chi connectivity index (χ1) is 13.7. The lowest BCUT2D eigenvalue weighted by atomic mass is 9.96. The summed E-state index contributed by atoms with van der Waals surface area (Å²) in [7, 11) is 0. The van der Waals surface area contributed by atoms with E-state index in [-0.39, 0.29) is 17.9 Å². The fourth-order valence-corrected chi connectivity index (χ4v) is 3.37. The number of nitrogens with zero attached hydrogens (tertiary/aromatic N) is 3. The number of Topliss-reactive ketones (excluding diaryl/α,β-unsaturated/α-hetero) is 1. The Bertz CT molecular complexity index is 1030. The zero-order chi connectivity index (χ0) is 19.5. The van der Waals surface area contributed by atoms with Gasteiger partial charge in [0.1, 0.15) is 5.76 Å². The average molecular weight is 371 g/mol. The Morgan fingerprint density at radius 2 is 1.64 bits per heavy atom. The molecule has 1 unspecified atom stereocenters. The van der Waals surface area contributed by atoms with Crippen LogP contribution in [0.4, 0.5) is 0 Å². The summed E-state index contributed by atoms with van der Waals surface area (Å²) in [5, 5.41) is 10.9. The topological polar surface area (TPSA) is 83.4 Å². The minimum atomic E-state index is -0.728. The molecular formula is C22H17N3O3. The number of hydrogen-bond donors (Lipinski definition) is 1. The first kappa shape index (κ1) is 17.6. The molecule has 1 aliphatic rings. The molecule has 0 aliphatic carbocycles. The first-order valence-corrected chi connectivity index (χ1v) is 8.79. The van der Waals surface area contributed by atoms with Crippen molar-refractivity contribution in [2.24, 2.45) is 0 Å². The van der Waals surface area contributed by atoms with Crippen molar-refractivity contribution in [3.05, 3.63) is 102 Å². The molecule has 28 heavy (non-hydrogen) atoms. The van der Waals surface area contributed by atoms with Gasteiger partial charge in [-0.1, -0.05) is 42.5 Å². The van der Waals surface area contributed by atoms with E-state index in [9.17, 15) is 14.7 Å². The predicted molar refractivity (Wildman–Crippen MR) is 103 cm³/mol. The third-order valence-electron chi connectivity index (χ3n) is 4.66. The molecule has 0 saturated carbocycles. The van der Waals surface area contributed by atoms with E-state index in [4.69, 9.17) is 0 Å². The van der Waals surface area contributed by atoms with Crippen LogP contribution in [0, 0.1) is 0 Å². The molecule has 1 atom stereocenters. The number of aliphatic hydroxyl groups excluding tert-OH is 1. The summed E-state index contributed by atoms with van der Waals surface area (Å²) >= 11 is 0. The Labute approximate surface area is 161 Å². The molecule has 3 aromatic rings. The number of aliphatic hydroxyl groups is 1. The molecule has 3 heterocycles. The molecule has 1 saturated heterocycles. The van der Waals surface area contributed by atoms with E-state index in [0.717, 1.165) is 5.56 Å². The molecular weight excluding hydrogens is 354 g/mol. The van der Waals surface area contributed by atoms with Gasteiger partial charge >= 0.3 is 0 Å². The minimum Gasteiger partial charge on any atom is -0.507 e. The highest BCUT2D eigenvalue weighted by atomic mass is 16.3. The Hall–Kier alpha value is -3.80. The lowest BCUT2D eigenvalue weighted by molar-refractivity contribution is -0.140. The van der Waals surface area contributed by atoms with E-state index >= 15 is 0 Å². The first-order valence-electron chi connectivity index (χ1n) is 8.79. The summed E-state index contributed by atoms with van der Waals surface area (Å²) in [5.74, 6) is -1.56. The molecule has 1 aromatic carbocycles. The summed E-state index contributed by atoms with van der Waals surface area (Å²) in [6.07, 6.45) is 6.52. The molecule has 1 amide bonds. The molecule has 6 heteroatoms. The van der Waals surface area contributed by atoms with Crippen LogP contribution in [0.2, 0.25) is 0 Å². The second-order valence-electron chi connectivity index (χ2n) is 6.44. The van der Waals surface area contributed by atoms with E-state index in [1.54, 1.807) is 67.3 Å². The van der Waals surface area contributed by atoms with Crippen molar-refractivity contribution in [1.82, 2.24) is 14.9 Å². The number of likely N-dealkylation sites (tertiary alicyclic amines) is 1. The number of pyridine rings is 2. The quantitative estimate of drug-likeness (QED) is 0.433. The van der Waals surface area contributed by atoms with Crippen LogP contribution in [0.15, 0.2) is 85.0 Å². The zero-order valence-corrected chi connectivity index (χ0v) is 14.9. The van der Waals surface area contributed by atoms with Crippen LogP contribution < -0.4 is 0 Å². The monoisotopic (exact) mass is 371 g/mol. The molecule has 1 aliphatic heterocycles. The third-order valence-corrected chi connectivity index (χ3v) is 4.66. The van der Waals surface area contributed by atoms with Crippen LogP contribution in [0.1, 0.15) is 22.7 Å². The number of amides is 1. The molecule has 2 aromatic heterocycles. The van der Waals surface area contributed by atoms with Gasteiger partial charge in [-0.3, -0.25) is 19.6 Å². The van der Waals surface area contributed by atoms with Gasteiger partial charge < -0.3 is 10.0 Å². The zero-order valence-electron chi connectivity index (χ0n) is 14.9. The second kappa shape index (κ2) is 7.44. The summed E-state index contributed by atoms with van der Waals surface area (Å²) < 4.78 is 0. The number of carbonyl (C=O) groups is 2. The van der Waals surface area contributed by atoms with Gasteiger partial charge in [0.2, 0.25) is 0 Å². The number of ketones is 1. The van der Waals surface area contributed by atoms with Gasteiger partial charge in [0, 0.05) is 36.9 Å². The van der Waals surface area contributed by atoms with Gasteiger partial charge in [0.25, 0.3) is 11.7 Å². The molecule has 4 rings (SSSR count). The maximum Gasteiger partial charge on any atom is 0.295 e. The van der Waals surface area contributed by atoms with Crippen LogP contribution in [0.3, 0.4) is 0 Å². The Morgan fingerprint density at radius 3 is 2.29 bits per heavy atom. The summed E-state index contributed by atoms with van der Waals surface area (Å²) in [6.45, 7) is 0.198. The smallest absolute Gasteiger partial charge is 0.295 e. The van der Waals surface area contributed by atoms with Crippen LogP contribution >= 0.6 is 0 Å². The lowest BCUT2D eigenvalue weighted by Gasteiger charge is -2.25. The Kier molecular flexibility index (Phi) is 4.68. The van der Waals surface area contributed by atoms with Gasteiger partial charge in [0.15, 0.2) is 0 Å². The van der Waals surface area contributed by atoms with Gasteiger partial charge in [0.05, 0.1) is 11.6 Å². The molecule has 0 radical (unpaired) electrons. The number of benzene rings is 1. The number of aromatic nitrogens is 2. The van der Waals surface area contributed by atoms with Crippen molar-refractivity contribution in [1.29, 1.82) is 0 Å².